The highest BCUT2D eigenvalue weighted by molar-refractivity contribution is 6.30. The van der Waals surface area contributed by atoms with E-state index in [1.807, 2.05) is 12.1 Å². The summed E-state index contributed by atoms with van der Waals surface area (Å²) >= 11 is 5.82. The second kappa shape index (κ2) is 5.46. The van der Waals surface area contributed by atoms with Crippen molar-refractivity contribution >= 4 is 29.4 Å². The van der Waals surface area contributed by atoms with Gasteiger partial charge in [-0.05, 0) is 29.8 Å². The van der Waals surface area contributed by atoms with Gasteiger partial charge in [0.25, 0.3) is 5.69 Å². The highest BCUT2D eigenvalue weighted by atomic mass is 35.5. The minimum absolute atomic E-state index is 0.0236. The molecule has 2 aromatic rings. The molecule has 0 unspecified atom stereocenters. The largest absolute Gasteiger partial charge is 0.454 e. The minimum Gasteiger partial charge on any atom is -0.454 e. The van der Waals surface area contributed by atoms with Gasteiger partial charge in [-0.2, -0.15) is 0 Å². The van der Waals surface area contributed by atoms with Crippen molar-refractivity contribution in [1.29, 1.82) is 0 Å². The molecule has 0 fully saturated rings. The molecule has 0 spiro atoms. The number of hydrogen-bond acceptors (Lipinski definition) is 4. The molecule has 3 rings (SSSR count). The topological polar surface area (TPSA) is 61.6 Å². The molecule has 21 heavy (non-hydrogen) atoms. The van der Waals surface area contributed by atoms with Crippen molar-refractivity contribution in [3.05, 3.63) is 62.7 Å². The first kappa shape index (κ1) is 13.5. The lowest BCUT2D eigenvalue weighted by Crippen LogP contribution is -1.93. The number of nitro benzene ring substituents is 1. The molecule has 0 radical (unpaired) electrons. The van der Waals surface area contributed by atoms with E-state index >= 15 is 0 Å². The van der Waals surface area contributed by atoms with Gasteiger partial charge in [-0.1, -0.05) is 29.8 Å². The van der Waals surface area contributed by atoms with Crippen LogP contribution in [0.5, 0.6) is 11.5 Å². The van der Waals surface area contributed by atoms with Gasteiger partial charge in [-0.25, -0.2) is 0 Å². The van der Waals surface area contributed by atoms with E-state index in [1.165, 1.54) is 6.07 Å². The van der Waals surface area contributed by atoms with Crippen molar-refractivity contribution in [1.82, 2.24) is 0 Å². The van der Waals surface area contributed by atoms with Crippen LogP contribution in [0.3, 0.4) is 0 Å². The lowest BCUT2D eigenvalue weighted by Gasteiger charge is -2.01. The summed E-state index contributed by atoms with van der Waals surface area (Å²) in [5, 5.41) is 11.8. The molecule has 0 saturated heterocycles. The van der Waals surface area contributed by atoms with Crippen LogP contribution in [0.2, 0.25) is 5.02 Å². The Balaban J connectivity index is 1.97. The lowest BCUT2D eigenvalue weighted by atomic mass is 10.1. The van der Waals surface area contributed by atoms with Crippen molar-refractivity contribution in [2.24, 2.45) is 0 Å². The third kappa shape index (κ3) is 2.83. The average Bonchev–Trinajstić information content (AvgIpc) is 2.92. The van der Waals surface area contributed by atoms with Crippen LogP contribution in [-0.2, 0) is 0 Å². The van der Waals surface area contributed by atoms with Crippen LogP contribution in [0, 0.1) is 10.1 Å². The van der Waals surface area contributed by atoms with Gasteiger partial charge in [0.1, 0.15) is 0 Å². The summed E-state index contributed by atoms with van der Waals surface area (Å²) in [7, 11) is 0. The second-order valence-corrected chi connectivity index (χ2v) is 4.84. The summed E-state index contributed by atoms with van der Waals surface area (Å²) in [5.41, 5.74) is 1.33. The van der Waals surface area contributed by atoms with Gasteiger partial charge >= 0.3 is 0 Å². The van der Waals surface area contributed by atoms with Crippen LogP contribution in [0.15, 0.2) is 36.4 Å². The number of rotatable bonds is 3. The molecule has 106 valence electrons. The molecule has 0 amide bonds. The predicted molar refractivity (Wildman–Crippen MR) is 79.6 cm³/mol. The Morgan fingerprint density at radius 3 is 2.43 bits per heavy atom. The summed E-state index contributed by atoms with van der Waals surface area (Å²) in [6.07, 6.45) is 3.45. The highest BCUT2D eigenvalue weighted by Crippen LogP contribution is 2.38. The average molecular weight is 304 g/mol. The van der Waals surface area contributed by atoms with Gasteiger partial charge in [0.05, 0.1) is 16.6 Å². The van der Waals surface area contributed by atoms with Crippen molar-refractivity contribution < 1.29 is 14.4 Å². The minimum atomic E-state index is -0.441. The van der Waals surface area contributed by atoms with E-state index in [0.29, 0.717) is 22.1 Å². The van der Waals surface area contributed by atoms with Gasteiger partial charge in [0.2, 0.25) is 6.79 Å². The van der Waals surface area contributed by atoms with Gasteiger partial charge in [-0.15, -0.1) is 0 Å². The molecule has 2 aromatic carbocycles. The van der Waals surface area contributed by atoms with E-state index in [-0.39, 0.29) is 12.5 Å². The standard InChI is InChI=1S/C15H10ClNO4/c16-12-5-2-10(3-6-12)1-4-11-7-14-15(21-9-20-14)8-13(11)17(18)19/h1-8H,9H2/b4-1+. The first-order chi connectivity index (χ1) is 10.1. The number of hydrogen-bond donors (Lipinski definition) is 0. The predicted octanol–water partition coefficient (Wildman–Crippen LogP) is 4.15. The maximum absolute atomic E-state index is 11.1. The number of nitrogens with zero attached hydrogens (tertiary/aromatic N) is 1. The molecule has 1 heterocycles. The van der Waals surface area contributed by atoms with E-state index in [4.69, 9.17) is 21.1 Å². The normalized spacial score (nSPS) is 12.8. The van der Waals surface area contributed by atoms with Gasteiger partial charge in [0.15, 0.2) is 11.5 Å². The molecule has 0 N–H and O–H groups in total. The van der Waals surface area contributed by atoms with Crippen LogP contribution in [0.25, 0.3) is 12.2 Å². The third-order valence-corrected chi connectivity index (χ3v) is 3.30. The van der Waals surface area contributed by atoms with Crippen LogP contribution in [0.1, 0.15) is 11.1 Å². The van der Waals surface area contributed by atoms with Crippen LogP contribution >= 0.6 is 11.6 Å². The molecule has 0 aromatic heterocycles. The monoisotopic (exact) mass is 303 g/mol. The number of halogens is 1. The summed E-state index contributed by atoms with van der Waals surface area (Å²) in [5.74, 6) is 0.904. The first-order valence-corrected chi connectivity index (χ1v) is 6.53. The number of nitro groups is 1. The lowest BCUT2D eigenvalue weighted by molar-refractivity contribution is -0.385. The summed E-state index contributed by atoms with van der Waals surface area (Å²) < 4.78 is 10.4. The van der Waals surface area contributed by atoms with Crippen molar-refractivity contribution in [2.45, 2.75) is 0 Å². The molecular weight excluding hydrogens is 294 g/mol. The van der Waals surface area contributed by atoms with Crippen molar-refractivity contribution in [3.63, 3.8) is 0 Å². The fraction of sp³-hybridized carbons (Fsp3) is 0.0667. The Morgan fingerprint density at radius 2 is 1.76 bits per heavy atom. The van der Waals surface area contributed by atoms with Gasteiger partial charge in [-0.3, -0.25) is 10.1 Å². The smallest absolute Gasteiger partial charge is 0.280 e. The van der Waals surface area contributed by atoms with Gasteiger partial charge < -0.3 is 9.47 Å². The van der Waals surface area contributed by atoms with E-state index in [1.54, 1.807) is 30.4 Å². The third-order valence-electron chi connectivity index (χ3n) is 3.04. The molecule has 1 aliphatic heterocycles. The number of benzene rings is 2. The summed E-state index contributed by atoms with van der Waals surface area (Å²) in [6, 6.07) is 10.2. The van der Waals surface area contributed by atoms with Crippen LogP contribution < -0.4 is 9.47 Å². The van der Waals surface area contributed by atoms with Crippen molar-refractivity contribution in [3.8, 4) is 11.5 Å². The van der Waals surface area contributed by atoms with E-state index in [2.05, 4.69) is 0 Å². The highest BCUT2D eigenvalue weighted by Gasteiger charge is 2.21. The summed E-state index contributed by atoms with van der Waals surface area (Å²) in [6.45, 7) is 0.0802. The molecule has 1 aliphatic rings. The molecule has 0 saturated carbocycles. The molecule has 0 atom stereocenters. The molecule has 6 heteroatoms. The van der Waals surface area contributed by atoms with Crippen LogP contribution in [0.4, 0.5) is 5.69 Å². The molecular formula is C15H10ClNO4. The summed E-state index contributed by atoms with van der Waals surface area (Å²) in [4.78, 5) is 10.7. The second-order valence-electron chi connectivity index (χ2n) is 4.41. The van der Waals surface area contributed by atoms with Crippen molar-refractivity contribution in [2.75, 3.05) is 6.79 Å². The molecule has 0 bridgehead atoms. The Kier molecular flexibility index (Phi) is 3.50. The Bertz CT molecular complexity index is 725. The van der Waals surface area contributed by atoms with E-state index in [0.717, 1.165) is 5.56 Å². The Labute approximate surface area is 125 Å². The number of ether oxygens (including phenoxy) is 2. The SMILES string of the molecule is O=[N+]([O-])c1cc2c(cc1/C=C/c1ccc(Cl)cc1)OCO2. The Hall–Kier alpha value is -2.53. The first-order valence-electron chi connectivity index (χ1n) is 6.15. The van der Waals surface area contributed by atoms with Gasteiger partial charge in [0, 0.05) is 5.02 Å². The fourth-order valence-electron chi connectivity index (χ4n) is 2.00. The fourth-order valence-corrected chi connectivity index (χ4v) is 2.12. The molecule has 5 nitrogen and oxygen atoms in total. The zero-order valence-electron chi connectivity index (χ0n) is 10.8. The van der Waals surface area contributed by atoms with E-state index in [9.17, 15) is 10.1 Å². The quantitative estimate of drug-likeness (QED) is 0.485. The van der Waals surface area contributed by atoms with E-state index < -0.39 is 4.92 Å². The maximum atomic E-state index is 11.1. The zero-order chi connectivity index (χ0) is 14.8. The maximum Gasteiger partial charge on any atom is 0.280 e. The zero-order valence-corrected chi connectivity index (χ0v) is 11.5. The van der Waals surface area contributed by atoms with Crippen LogP contribution in [-0.4, -0.2) is 11.7 Å². The number of fused-ring (bicyclic) bond motifs is 1. The Morgan fingerprint density at radius 1 is 1.10 bits per heavy atom. The molecule has 0 aliphatic carbocycles.